The highest BCUT2D eigenvalue weighted by Gasteiger charge is 2.25. The number of carboxylic acids is 1. The van der Waals surface area contributed by atoms with Gasteiger partial charge in [0.25, 0.3) is 6.29 Å². The summed E-state index contributed by atoms with van der Waals surface area (Å²) in [5, 5.41) is 9.62. The summed E-state index contributed by atoms with van der Waals surface area (Å²) in [4.78, 5) is 37.0. The van der Waals surface area contributed by atoms with Gasteiger partial charge in [-0.1, -0.05) is 170 Å². The lowest BCUT2D eigenvalue weighted by atomic mass is 10.1. The van der Waals surface area contributed by atoms with Crippen molar-refractivity contribution in [1.29, 1.82) is 0 Å². The fraction of sp³-hybridized carbons (Fsp3) is 0.706. The lowest BCUT2D eigenvalue weighted by Gasteiger charge is -2.25. The molecule has 0 amide bonds. The van der Waals surface area contributed by atoms with Crippen molar-refractivity contribution in [3.63, 3.8) is 0 Å². The third kappa shape index (κ3) is 42.8. The molecule has 0 aliphatic carbocycles. The molecular weight excluding hydrogens is 755 g/mol. The number of quaternary nitrogens is 1. The highest BCUT2D eigenvalue weighted by Crippen LogP contribution is 2.14. The summed E-state index contributed by atoms with van der Waals surface area (Å²) in [5.74, 6) is -2.03. The van der Waals surface area contributed by atoms with Crippen LogP contribution < -0.4 is 0 Å². The highest BCUT2D eigenvalue weighted by molar-refractivity contribution is 5.71. The number of carbonyl (C=O) groups is 3. The van der Waals surface area contributed by atoms with Crippen LogP contribution in [0.4, 0.5) is 0 Å². The summed E-state index contributed by atoms with van der Waals surface area (Å²) >= 11 is 0. The number of aliphatic carboxylic acids is 1. The van der Waals surface area contributed by atoms with Gasteiger partial charge in [-0.15, -0.1) is 0 Å². The Hall–Kier alpha value is -3.27. The number of hydrogen-bond acceptors (Lipinski definition) is 7. The molecule has 0 rings (SSSR count). The Morgan fingerprint density at radius 3 is 1.42 bits per heavy atom. The van der Waals surface area contributed by atoms with Crippen molar-refractivity contribution in [1.82, 2.24) is 0 Å². The third-order valence-corrected chi connectivity index (χ3v) is 9.73. The zero-order valence-corrected chi connectivity index (χ0v) is 38.8. The zero-order chi connectivity index (χ0) is 44.2. The number of allylic oxidation sites excluding steroid dienone is 12. The molecular formula is C51H88NO8+. The van der Waals surface area contributed by atoms with E-state index in [-0.39, 0.29) is 32.2 Å². The largest absolute Gasteiger partial charge is 0.477 e. The first-order valence-electron chi connectivity index (χ1n) is 23.6. The first-order valence-corrected chi connectivity index (χ1v) is 23.6. The highest BCUT2D eigenvalue weighted by atomic mass is 16.7. The SMILES string of the molecule is CC/C=C\C/C=C\C/C=C\C/C=C\C/C=C\C/C=C\CCCCCCCCCCC(=O)OC(COC(=O)CCCCCCCCCC)COC(OCC[N+](C)(C)C)C(=O)O. The van der Waals surface area contributed by atoms with Crippen LogP contribution in [0.5, 0.6) is 0 Å². The van der Waals surface area contributed by atoms with E-state index in [0.29, 0.717) is 23.9 Å². The normalized spacial score (nSPS) is 13.6. The van der Waals surface area contributed by atoms with Gasteiger partial charge in [0.2, 0.25) is 0 Å². The molecule has 0 bridgehead atoms. The van der Waals surface area contributed by atoms with Crippen molar-refractivity contribution in [3.05, 3.63) is 72.9 Å². The summed E-state index contributed by atoms with van der Waals surface area (Å²) in [7, 11) is 5.94. The van der Waals surface area contributed by atoms with Gasteiger partial charge >= 0.3 is 17.9 Å². The first kappa shape index (κ1) is 56.7. The molecule has 0 saturated carbocycles. The van der Waals surface area contributed by atoms with Crippen LogP contribution in [0.25, 0.3) is 0 Å². The predicted molar refractivity (Wildman–Crippen MR) is 249 cm³/mol. The van der Waals surface area contributed by atoms with Gasteiger partial charge in [0.15, 0.2) is 6.10 Å². The maximum Gasteiger partial charge on any atom is 0.361 e. The fourth-order valence-corrected chi connectivity index (χ4v) is 6.07. The van der Waals surface area contributed by atoms with E-state index in [0.717, 1.165) is 83.5 Å². The number of nitrogens with zero attached hydrogens (tertiary/aromatic N) is 1. The Morgan fingerprint density at radius 2 is 0.950 bits per heavy atom. The maximum absolute atomic E-state index is 12.8. The number of hydrogen-bond donors (Lipinski definition) is 1. The third-order valence-electron chi connectivity index (χ3n) is 9.73. The van der Waals surface area contributed by atoms with Gasteiger partial charge in [-0.3, -0.25) is 9.59 Å². The number of carboxylic acid groups (broad SMARTS) is 1. The molecule has 9 heteroatoms. The van der Waals surface area contributed by atoms with Gasteiger partial charge in [0, 0.05) is 12.8 Å². The molecule has 0 aromatic heterocycles. The molecule has 0 radical (unpaired) electrons. The smallest absolute Gasteiger partial charge is 0.361 e. The molecule has 0 saturated heterocycles. The predicted octanol–water partition coefficient (Wildman–Crippen LogP) is 12.7. The Kier molecular flexibility index (Phi) is 40.1. The maximum atomic E-state index is 12.8. The minimum absolute atomic E-state index is 0.183. The lowest BCUT2D eigenvalue weighted by molar-refractivity contribution is -0.870. The summed E-state index contributed by atoms with van der Waals surface area (Å²) in [5.41, 5.74) is 0. The molecule has 0 heterocycles. The molecule has 0 fully saturated rings. The Balaban J connectivity index is 4.27. The number of likely N-dealkylation sites (N-methyl/N-ethyl adjacent to an activating group) is 1. The molecule has 2 unspecified atom stereocenters. The van der Waals surface area contributed by atoms with Crippen LogP contribution in [0, 0.1) is 0 Å². The van der Waals surface area contributed by atoms with E-state index in [1.807, 2.05) is 21.1 Å². The van der Waals surface area contributed by atoms with Gasteiger partial charge in [-0.2, -0.15) is 0 Å². The molecule has 0 spiro atoms. The second-order valence-corrected chi connectivity index (χ2v) is 16.7. The van der Waals surface area contributed by atoms with Crippen molar-refractivity contribution in [2.24, 2.45) is 0 Å². The van der Waals surface area contributed by atoms with E-state index in [1.54, 1.807) is 0 Å². The van der Waals surface area contributed by atoms with Crippen LogP contribution in [-0.2, 0) is 33.3 Å². The standard InChI is InChI=1S/C51H87NO8/c1-6-8-10-12-14-16-17-18-19-20-21-22-23-24-25-26-27-28-29-30-31-32-33-34-36-38-40-42-49(54)60-47(46-59-51(50(55)56)57-44-43-52(3,4)5)45-58-48(53)41-39-37-35-15-13-11-9-7-2/h8,10,14,16,18-19,21-22,24-25,27-28,47,51H,6-7,9,11-13,15,17,20,23,26,29-46H2,1-5H3/p+1/b10-8-,16-14-,19-18-,22-21-,25-24-,28-27-. The number of esters is 2. The molecule has 0 aliphatic rings. The molecule has 0 aromatic rings. The van der Waals surface area contributed by atoms with Gasteiger partial charge in [-0.05, 0) is 64.2 Å². The zero-order valence-electron chi connectivity index (χ0n) is 38.8. The van der Waals surface area contributed by atoms with Crippen molar-refractivity contribution in [3.8, 4) is 0 Å². The summed E-state index contributed by atoms with van der Waals surface area (Å²) < 4.78 is 22.7. The second-order valence-electron chi connectivity index (χ2n) is 16.7. The minimum atomic E-state index is -1.51. The fourth-order valence-electron chi connectivity index (χ4n) is 6.07. The number of rotatable bonds is 42. The number of carbonyl (C=O) groups excluding carboxylic acids is 2. The van der Waals surface area contributed by atoms with Gasteiger partial charge in [0.1, 0.15) is 13.2 Å². The van der Waals surface area contributed by atoms with E-state index in [9.17, 15) is 19.5 Å². The quantitative estimate of drug-likeness (QED) is 0.0213. The molecule has 1 N–H and O–H groups in total. The van der Waals surface area contributed by atoms with Crippen LogP contribution in [0.1, 0.15) is 174 Å². The van der Waals surface area contributed by atoms with Gasteiger partial charge in [0.05, 0.1) is 34.4 Å². The van der Waals surface area contributed by atoms with Crippen molar-refractivity contribution in [2.75, 3.05) is 47.5 Å². The van der Waals surface area contributed by atoms with Gasteiger partial charge in [-0.25, -0.2) is 4.79 Å². The van der Waals surface area contributed by atoms with Crippen LogP contribution in [0.15, 0.2) is 72.9 Å². The monoisotopic (exact) mass is 843 g/mol. The van der Waals surface area contributed by atoms with Gasteiger partial charge < -0.3 is 28.5 Å². The number of ether oxygens (including phenoxy) is 4. The topological polar surface area (TPSA) is 108 Å². The molecule has 344 valence electrons. The second kappa shape index (κ2) is 42.4. The first-order chi connectivity index (χ1) is 29.1. The summed E-state index contributed by atoms with van der Waals surface area (Å²) in [6, 6.07) is 0. The van der Waals surface area contributed by atoms with E-state index in [2.05, 4.69) is 86.8 Å². The summed E-state index contributed by atoms with van der Waals surface area (Å²) in [6.45, 7) is 4.69. The minimum Gasteiger partial charge on any atom is -0.477 e. The Labute approximate surface area is 367 Å². The molecule has 9 nitrogen and oxygen atoms in total. The van der Waals surface area contributed by atoms with Crippen LogP contribution in [0.2, 0.25) is 0 Å². The van der Waals surface area contributed by atoms with E-state index in [4.69, 9.17) is 18.9 Å². The van der Waals surface area contributed by atoms with Crippen molar-refractivity contribution >= 4 is 17.9 Å². The van der Waals surface area contributed by atoms with Crippen LogP contribution in [-0.4, -0.2) is 87.4 Å². The average Bonchev–Trinajstić information content (AvgIpc) is 3.21. The molecule has 0 aliphatic heterocycles. The molecule has 2 atom stereocenters. The summed E-state index contributed by atoms with van der Waals surface area (Å²) in [6.07, 6.45) is 49.8. The van der Waals surface area contributed by atoms with Crippen molar-refractivity contribution in [2.45, 2.75) is 187 Å². The van der Waals surface area contributed by atoms with Crippen molar-refractivity contribution < 1.29 is 42.9 Å². The Bertz CT molecular complexity index is 1210. The number of unbranched alkanes of at least 4 members (excludes halogenated alkanes) is 15. The molecule has 0 aromatic carbocycles. The average molecular weight is 843 g/mol. The van der Waals surface area contributed by atoms with Crippen LogP contribution >= 0.6 is 0 Å². The van der Waals surface area contributed by atoms with Crippen LogP contribution in [0.3, 0.4) is 0 Å². The van der Waals surface area contributed by atoms with E-state index >= 15 is 0 Å². The molecule has 60 heavy (non-hydrogen) atoms. The Morgan fingerprint density at radius 1 is 0.517 bits per heavy atom. The lowest BCUT2D eigenvalue weighted by Crippen LogP contribution is -2.40. The van der Waals surface area contributed by atoms with E-state index in [1.165, 1.54) is 57.8 Å². The van der Waals surface area contributed by atoms with E-state index < -0.39 is 24.3 Å².